The van der Waals surface area contributed by atoms with Crippen LogP contribution in [-0.4, -0.2) is 4.98 Å². The maximum atomic E-state index is 8.59. The fourth-order valence-electron chi connectivity index (χ4n) is 0.789. The monoisotopic (exact) mass is 181 g/mol. The largest absolute Gasteiger partial charge is 0.323 e. The van der Waals surface area contributed by atoms with Crippen molar-refractivity contribution in [1.29, 1.82) is 5.26 Å². The number of pyridine rings is 1. The molecule has 0 fully saturated rings. The van der Waals surface area contributed by atoms with E-state index in [2.05, 4.69) is 4.98 Å². The van der Waals surface area contributed by atoms with Gasteiger partial charge in [-0.2, -0.15) is 5.26 Å². The van der Waals surface area contributed by atoms with Gasteiger partial charge in [0.25, 0.3) is 0 Å². The van der Waals surface area contributed by atoms with E-state index in [1.807, 2.05) is 6.07 Å². The number of aromatic nitrogens is 1. The number of rotatable bonds is 1. The second-order valence-corrected chi connectivity index (χ2v) is 2.87. The third-order valence-electron chi connectivity index (χ3n) is 1.44. The van der Waals surface area contributed by atoms with E-state index in [0.29, 0.717) is 10.7 Å². The molecule has 0 aliphatic carbocycles. The van der Waals surface area contributed by atoms with Crippen LogP contribution in [0.3, 0.4) is 0 Å². The molecule has 1 rings (SSSR count). The molecule has 0 bridgehead atoms. The van der Waals surface area contributed by atoms with Crippen molar-refractivity contribution < 1.29 is 0 Å². The van der Waals surface area contributed by atoms with Gasteiger partial charge >= 0.3 is 0 Å². The molecule has 1 aromatic rings. The Morgan fingerprint density at radius 2 is 2.33 bits per heavy atom. The molecule has 12 heavy (non-hydrogen) atoms. The molecular formula is C8H8ClN3. The minimum Gasteiger partial charge on any atom is -0.323 e. The SMILES string of the molecule is CC(N)c1ccc(Cl)c(C#N)n1. The van der Waals surface area contributed by atoms with E-state index >= 15 is 0 Å². The number of nitrogens with zero attached hydrogens (tertiary/aromatic N) is 2. The van der Waals surface area contributed by atoms with Crippen LogP contribution in [0.25, 0.3) is 0 Å². The normalized spacial score (nSPS) is 12.2. The molecule has 0 aliphatic rings. The topological polar surface area (TPSA) is 62.7 Å². The summed E-state index contributed by atoms with van der Waals surface area (Å²) >= 11 is 5.68. The van der Waals surface area contributed by atoms with Gasteiger partial charge in [0.05, 0.1) is 10.7 Å². The van der Waals surface area contributed by atoms with Gasteiger partial charge in [0.1, 0.15) is 6.07 Å². The van der Waals surface area contributed by atoms with Crippen LogP contribution in [0.15, 0.2) is 12.1 Å². The van der Waals surface area contributed by atoms with Crippen molar-refractivity contribution >= 4 is 11.6 Å². The Bertz CT molecular complexity index is 328. The highest BCUT2D eigenvalue weighted by Gasteiger charge is 2.05. The third kappa shape index (κ3) is 1.73. The van der Waals surface area contributed by atoms with Gasteiger partial charge in [0, 0.05) is 6.04 Å². The molecule has 0 aliphatic heterocycles. The van der Waals surface area contributed by atoms with E-state index in [0.717, 1.165) is 0 Å². The van der Waals surface area contributed by atoms with Crippen LogP contribution in [0.1, 0.15) is 24.4 Å². The highest BCUT2D eigenvalue weighted by atomic mass is 35.5. The van der Waals surface area contributed by atoms with E-state index in [9.17, 15) is 0 Å². The molecule has 0 aromatic carbocycles. The molecule has 0 amide bonds. The standard InChI is InChI=1S/C8H8ClN3/c1-5(11)7-3-2-6(9)8(4-10)12-7/h2-3,5H,11H2,1H3. The summed E-state index contributed by atoms with van der Waals surface area (Å²) in [7, 11) is 0. The lowest BCUT2D eigenvalue weighted by Crippen LogP contribution is -2.07. The first kappa shape index (κ1) is 8.98. The Labute approximate surface area is 75.8 Å². The van der Waals surface area contributed by atoms with Crippen molar-refractivity contribution in [3.8, 4) is 6.07 Å². The van der Waals surface area contributed by atoms with Crippen molar-refractivity contribution in [2.24, 2.45) is 5.73 Å². The second-order valence-electron chi connectivity index (χ2n) is 2.47. The lowest BCUT2D eigenvalue weighted by atomic mass is 10.2. The van der Waals surface area contributed by atoms with Crippen molar-refractivity contribution in [1.82, 2.24) is 4.98 Å². The molecular weight excluding hydrogens is 174 g/mol. The molecule has 2 N–H and O–H groups in total. The van der Waals surface area contributed by atoms with Gasteiger partial charge in [0.2, 0.25) is 0 Å². The molecule has 1 atom stereocenters. The first-order valence-electron chi connectivity index (χ1n) is 3.47. The molecule has 1 unspecified atom stereocenters. The van der Waals surface area contributed by atoms with E-state index < -0.39 is 0 Å². The minimum absolute atomic E-state index is 0.172. The summed E-state index contributed by atoms with van der Waals surface area (Å²) in [6.07, 6.45) is 0. The quantitative estimate of drug-likeness (QED) is 0.716. The molecule has 0 saturated heterocycles. The summed E-state index contributed by atoms with van der Waals surface area (Å²) < 4.78 is 0. The van der Waals surface area contributed by atoms with Crippen molar-refractivity contribution in [2.75, 3.05) is 0 Å². The summed E-state index contributed by atoms with van der Waals surface area (Å²) in [6, 6.07) is 5.07. The van der Waals surface area contributed by atoms with E-state index in [1.165, 1.54) is 0 Å². The van der Waals surface area contributed by atoms with Crippen LogP contribution in [0.4, 0.5) is 0 Å². The number of nitriles is 1. The Kier molecular flexibility index (Phi) is 2.64. The van der Waals surface area contributed by atoms with Gasteiger partial charge in [-0.15, -0.1) is 0 Å². The first-order chi connectivity index (χ1) is 5.65. The zero-order chi connectivity index (χ0) is 9.14. The third-order valence-corrected chi connectivity index (χ3v) is 1.74. The smallest absolute Gasteiger partial charge is 0.159 e. The number of nitrogens with two attached hydrogens (primary N) is 1. The fourth-order valence-corrected chi connectivity index (χ4v) is 0.937. The van der Waals surface area contributed by atoms with Gasteiger partial charge in [-0.3, -0.25) is 0 Å². The maximum Gasteiger partial charge on any atom is 0.159 e. The van der Waals surface area contributed by atoms with Gasteiger partial charge < -0.3 is 5.73 Å². The molecule has 0 saturated carbocycles. The number of halogens is 1. The van der Waals surface area contributed by atoms with E-state index in [1.54, 1.807) is 19.1 Å². The molecule has 1 aromatic heterocycles. The average Bonchev–Trinajstić information content (AvgIpc) is 2.05. The molecule has 0 radical (unpaired) electrons. The zero-order valence-electron chi connectivity index (χ0n) is 6.58. The summed E-state index contributed by atoms with van der Waals surface area (Å²) in [4.78, 5) is 3.97. The summed E-state index contributed by atoms with van der Waals surface area (Å²) in [5, 5.41) is 8.95. The van der Waals surface area contributed by atoms with Crippen LogP contribution in [0, 0.1) is 11.3 Å². The maximum absolute atomic E-state index is 8.59. The van der Waals surface area contributed by atoms with Crippen molar-refractivity contribution in [3.05, 3.63) is 28.5 Å². The zero-order valence-corrected chi connectivity index (χ0v) is 7.34. The van der Waals surface area contributed by atoms with E-state index in [-0.39, 0.29) is 11.7 Å². The average molecular weight is 182 g/mol. The van der Waals surface area contributed by atoms with Crippen LogP contribution in [0.2, 0.25) is 5.02 Å². The summed E-state index contributed by atoms with van der Waals surface area (Å²) in [6.45, 7) is 1.80. The van der Waals surface area contributed by atoms with Gasteiger partial charge in [0.15, 0.2) is 5.69 Å². The Morgan fingerprint density at radius 3 is 2.83 bits per heavy atom. The van der Waals surface area contributed by atoms with Gasteiger partial charge in [-0.1, -0.05) is 11.6 Å². The fraction of sp³-hybridized carbons (Fsp3) is 0.250. The van der Waals surface area contributed by atoms with Crippen molar-refractivity contribution in [2.45, 2.75) is 13.0 Å². The van der Waals surface area contributed by atoms with Crippen LogP contribution < -0.4 is 5.73 Å². The second kappa shape index (κ2) is 3.53. The lowest BCUT2D eigenvalue weighted by molar-refractivity contribution is 0.779. The summed E-state index contributed by atoms with van der Waals surface area (Å²) in [5.74, 6) is 0. The first-order valence-corrected chi connectivity index (χ1v) is 3.85. The Morgan fingerprint density at radius 1 is 1.67 bits per heavy atom. The molecule has 1 heterocycles. The summed E-state index contributed by atoms with van der Waals surface area (Å²) in [5.41, 5.74) is 6.48. The predicted molar refractivity (Wildman–Crippen MR) is 46.6 cm³/mol. The Hall–Kier alpha value is -1.11. The van der Waals surface area contributed by atoms with Crippen LogP contribution >= 0.6 is 11.6 Å². The highest BCUT2D eigenvalue weighted by molar-refractivity contribution is 6.31. The Balaban J connectivity index is 3.16. The highest BCUT2D eigenvalue weighted by Crippen LogP contribution is 2.15. The van der Waals surface area contributed by atoms with Crippen LogP contribution in [-0.2, 0) is 0 Å². The number of hydrogen-bond acceptors (Lipinski definition) is 3. The van der Waals surface area contributed by atoms with Crippen LogP contribution in [0.5, 0.6) is 0 Å². The molecule has 3 nitrogen and oxygen atoms in total. The molecule has 4 heteroatoms. The van der Waals surface area contributed by atoms with Gasteiger partial charge in [-0.05, 0) is 19.1 Å². The minimum atomic E-state index is -0.172. The van der Waals surface area contributed by atoms with Gasteiger partial charge in [-0.25, -0.2) is 4.98 Å². The predicted octanol–water partition coefficient (Wildman–Crippen LogP) is 1.63. The number of hydrogen-bond donors (Lipinski definition) is 1. The lowest BCUT2D eigenvalue weighted by Gasteiger charge is -2.04. The molecule has 62 valence electrons. The van der Waals surface area contributed by atoms with E-state index in [4.69, 9.17) is 22.6 Å². The molecule has 0 spiro atoms. The van der Waals surface area contributed by atoms with Crippen molar-refractivity contribution in [3.63, 3.8) is 0 Å².